The number of nitrogens with one attached hydrogen (secondary N) is 3. The summed E-state index contributed by atoms with van der Waals surface area (Å²) in [6.07, 6.45) is 8.43. The van der Waals surface area contributed by atoms with Gasteiger partial charge < -0.3 is 30.5 Å². The van der Waals surface area contributed by atoms with Crippen molar-refractivity contribution in [3.05, 3.63) is 29.6 Å². The van der Waals surface area contributed by atoms with Crippen LogP contribution in [0.25, 0.3) is 0 Å². The fourth-order valence-electron chi connectivity index (χ4n) is 6.45. The standard InChI is InChI=1S/C29H40F2N6O6.C7H12/c1-4-43-28(42)37-11-5-6-23(37)25(39)34-22(26(40)36-13-12-35(3)18(2)17-36)15-19-7-8-21(20(30)14-19)33-24(38)16-32-27(41)29(31)9-10-29;1-2-6(1)5-7-3-4-7/h7-8,14,18,22-23H,4-6,9-13,15-17H2,1-3H3,(H,32,41)(H,33,38)(H,34,39);6-7H,1-5H2. The molecule has 5 amide bonds. The predicted octanol–water partition coefficient (Wildman–Crippen LogP) is 3.39. The van der Waals surface area contributed by atoms with Crippen molar-refractivity contribution in [3.63, 3.8) is 0 Å². The minimum atomic E-state index is -1.92. The lowest BCUT2D eigenvalue weighted by molar-refractivity contribution is -0.139. The summed E-state index contributed by atoms with van der Waals surface area (Å²) >= 11 is 0. The number of nitrogens with zero attached hydrogens (tertiary/aromatic N) is 3. The maximum absolute atomic E-state index is 15.0. The summed E-state index contributed by atoms with van der Waals surface area (Å²) in [5, 5.41) is 7.36. The zero-order valence-electron chi connectivity index (χ0n) is 29.5. The number of amides is 5. The summed E-state index contributed by atoms with van der Waals surface area (Å²) in [4.78, 5) is 68.5. The van der Waals surface area contributed by atoms with Crippen LogP contribution in [0.1, 0.15) is 77.2 Å². The number of carbonyl (C=O) groups is 5. The Bertz CT molecular complexity index is 1410. The lowest BCUT2D eigenvalue weighted by Gasteiger charge is -2.39. The van der Waals surface area contributed by atoms with Gasteiger partial charge >= 0.3 is 6.09 Å². The average Bonchev–Trinajstić information content (AvgIpc) is 4.04. The molecule has 2 saturated heterocycles. The number of halogens is 2. The summed E-state index contributed by atoms with van der Waals surface area (Å²) in [5.41, 5.74) is -1.68. The number of piperazine rings is 1. The second-order valence-electron chi connectivity index (χ2n) is 14.6. The first kappa shape index (κ1) is 37.4. The quantitative estimate of drug-likeness (QED) is 0.304. The molecule has 50 heavy (non-hydrogen) atoms. The largest absolute Gasteiger partial charge is 0.450 e. The minimum absolute atomic E-state index is 0.0305. The molecule has 3 N–H and O–H groups in total. The fourth-order valence-corrected chi connectivity index (χ4v) is 6.45. The number of ether oxygens (including phenoxy) is 1. The molecule has 1 aromatic carbocycles. The zero-order valence-corrected chi connectivity index (χ0v) is 29.5. The summed E-state index contributed by atoms with van der Waals surface area (Å²) in [7, 11) is 1.97. The van der Waals surface area contributed by atoms with E-state index >= 15 is 4.39 Å². The molecule has 276 valence electrons. The first-order valence-electron chi connectivity index (χ1n) is 18.1. The number of hydrogen-bond donors (Lipinski definition) is 3. The van der Waals surface area contributed by atoms with Gasteiger partial charge in [0.1, 0.15) is 17.9 Å². The molecular formula is C36H52F2N6O6. The van der Waals surface area contributed by atoms with Crippen molar-refractivity contribution in [2.24, 2.45) is 11.8 Å². The van der Waals surface area contributed by atoms with Gasteiger partial charge in [0.05, 0.1) is 18.8 Å². The SMILES string of the molecule is C1CC1CC1CC1.CCOC(=O)N1CCCC1C(=O)NC(Cc1ccc(NC(=O)CNC(=O)C2(F)CC2)c(F)c1)C(=O)N1CCN(C)C(C)C1. The van der Waals surface area contributed by atoms with Crippen LogP contribution in [0, 0.1) is 17.7 Å². The van der Waals surface area contributed by atoms with E-state index in [0.29, 0.717) is 44.6 Å². The number of likely N-dealkylation sites (N-methyl/N-ethyl adjacent to an activating group) is 1. The average molecular weight is 703 g/mol. The van der Waals surface area contributed by atoms with Crippen LogP contribution in [-0.4, -0.2) is 115 Å². The number of alkyl halides is 1. The Balaban J connectivity index is 0.000000608. The molecule has 2 aliphatic heterocycles. The van der Waals surface area contributed by atoms with Crippen LogP contribution in [0.4, 0.5) is 19.3 Å². The van der Waals surface area contributed by atoms with Crippen LogP contribution >= 0.6 is 0 Å². The highest BCUT2D eigenvalue weighted by Gasteiger charge is 2.50. The van der Waals surface area contributed by atoms with E-state index in [2.05, 4.69) is 20.9 Å². The Hall–Kier alpha value is -3.81. The molecule has 6 rings (SSSR count). The highest BCUT2D eigenvalue weighted by molar-refractivity contribution is 5.97. The third kappa shape index (κ3) is 10.4. The number of likely N-dealkylation sites (tertiary alicyclic amines) is 1. The van der Waals surface area contributed by atoms with E-state index in [1.165, 1.54) is 28.9 Å². The number of hydrogen-bond acceptors (Lipinski definition) is 7. The number of anilines is 1. The Kier molecular flexibility index (Phi) is 12.3. The van der Waals surface area contributed by atoms with E-state index in [4.69, 9.17) is 4.74 Å². The molecule has 3 unspecified atom stereocenters. The van der Waals surface area contributed by atoms with Crippen molar-refractivity contribution in [1.82, 2.24) is 25.3 Å². The van der Waals surface area contributed by atoms with E-state index in [1.807, 2.05) is 14.0 Å². The van der Waals surface area contributed by atoms with Gasteiger partial charge in [-0.2, -0.15) is 0 Å². The molecule has 12 nitrogen and oxygen atoms in total. The first-order chi connectivity index (χ1) is 23.9. The topological polar surface area (TPSA) is 140 Å². The molecule has 3 aliphatic carbocycles. The van der Waals surface area contributed by atoms with E-state index < -0.39 is 53.9 Å². The van der Waals surface area contributed by atoms with Gasteiger partial charge in [0.15, 0.2) is 5.67 Å². The van der Waals surface area contributed by atoms with E-state index in [1.54, 1.807) is 43.9 Å². The van der Waals surface area contributed by atoms with Crippen molar-refractivity contribution in [3.8, 4) is 0 Å². The van der Waals surface area contributed by atoms with Gasteiger partial charge in [-0.05, 0) is 82.5 Å². The van der Waals surface area contributed by atoms with Crippen LogP contribution in [-0.2, 0) is 30.3 Å². The third-order valence-electron chi connectivity index (χ3n) is 10.3. The molecule has 2 heterocycles. The predicted molar refractivity (Wildman–Crippen MR) is 182 cm³/mol. The van der Waals surface area contributed by atoms with Crippen molar-refractivity contribution >= 4 is 35.4 Å². The Labute approximate surface area is 293 Å². The summed E-state index contributed by atoms with van der Waals surface area (Å²) < 4.78 is 33.9. The van der Waals surface area contributed by atoms with Crippen molar-refractivity contribution in [2.75, 3.05) is 51.7 Å². The van der Waals surface area contributed by atoms with Crippen LogP contribution in [0.2, 0.25) is 0 Å². The molecule has 5 fully saturated rings. The molecule has 0 radical (unpaired) electrons. The van der Waals surface area contributed by atoms with Crippen LogP contribution < -0.4 is 16.0 Å². The highest BCUT2D eigenvalue weighted by atomic mass is 19.1. The van der Waals surface area contributed by atoms with E-state index in [-0.39, 0.29) is 43.5 Å². The third-order valence-corrected chi connectivity index (χ3v) is 10.3. The van der Waals surface area contributed by atoms with Gasteiger partial charge in [0, 0.05) is 38.6 Å². The van der Waals surface area contributed by atoms with Crippen LogP contribution in [0.15, 0.2) is 18.2 Å². The highest BCUT2D eigenvalue weighted by Crippen LogP contribution is 2.44. The van der Waals surface area contributed by atoms with Gasteiger partial charge in [-0.1, -0.05) is 31.7 Å². The summed E-state index contributed by atoms with van der Waals surface area (Å²) in [6, 6.07) is 2.29. The Morgan fingerprint density at radius 2 is 1.72 bits per heavy atom. The Morgan fingerprint density at radius 3 is 2.32 bits per heavy atom. The van der Waals surface area contributed by atoms with E-state index in [0.717, 1.165) is 6.07 Å². The van der Waals surface area contributed by atoms with Gasteiger partial charge in [0.2, 0.25) is 17.7 Å². The zero-order chi connectivity index (χ0) is 36.0. The first-order valence-corrected chi connectivity index (χ1v) is 18.1. The molecule has 3 atom stereocenters. The maximum Gasteiger partial charge on any atom is 0.410 e. The lowest BCUT2D eigenvalue weighted by Crippen LogP contribution is -2.59. The van der Waals surface area contributed by atoms with Gasteiger partial charge in [-0.15, -0.1) is 0 Å². The minimum Gasteiger partial charge on any atom is -0.450 e. The van der Waals surface area contributed by atoms with Gasteiger partial charge in [0.25, 0.3) is 5.91 Å². The van der Waals surface area contributed by atoms with E-state index in [9.17, 15) is 28.4 Å². The summed E-state index contributed by atoms with van der Waals surface area (Å²) in [5.74, 6) is -0.802. The molecule has 1 aromatic rings. The van der Waals surface area contributed by atoms with Crippen molar-refractivity contribution < 1.29 is 37.5 Å². The second-order valence-corrected chi connectivity index (χ2v) is 14.6. The monoisotopic (exact) mass is 702 g/mol. The van der Waals surface area contributed by atoms with Crippen molar-refractivity contribution in [1.29, 1.82) is 0 Å². The normalized spacial score (nSPS) is 23.2. The van der Waals surface area contributed by atoms with Gasteiger partial charge in [-0.25, -0.2) is 13.6 Å². The maximum atomic E-state index is 15.0. The van der Waals surface area contributed by atoms with Gasteiger partial charge in [-0.3, -0.25) is 24.1 Å². The number of rotatable bonds is 12. The molecule has 0 bridgehead atoms. The second kappa shape index (κ2) is 16.5. The molecule has 0 spiro atoms. The summed E-state index contributed by atoms with van der Waals surface area (Å²) in [6.45, 7) is 5.27. The Morgan fingerprint density at radius 1 is 1.02 bits per heavy atom. The molecule has 3 saturated carbocycles. The van der Waals surface area contributed by atoms with Crippen molar-refractivity contribution in [2.45, 2.75) is 102 Å². The van der Waals surface area contributed by atoms with Crippen LogP contribution in [0.5, 0.6) is 0 Å². The number of benzene rings is 1. The molecule has 14 heteroatoms. The fraction of sp³-hybridized carbons (Fsp3) is 0.694. The van der Waals surface area contributed by atoms with Crippen LogP contribution in [0.3, 0.4) is 0 Å². The number of carbonyl (C=O) groups excluding carboxylic acids is 5. The molecule has 5 aliphatic rings. The smallest absolute Gasteiger partial charge is 0.410 e. The molecular weight excluding hydrogens is 650 g/mol. The lowest BCUT2D eigenvalue weighted by atomic mass is 10.0. The molecule has 0 aromatic heterocycles.